The van der Waals surface area contributed by atoms with E-state index in [0.29, 0.717) is 16.5 Å². The van der Waals surface area contributed by atoms with Crippen LogP contribution in [-0.2, 0) is 20.2 Å². The van der Waals surface area contributed by atoms with Crippen LogP contribution in [0.25, 0.3) is 0 Å². The molecule has 24 heavy (non-hydrogen) atoms. The fraction of sp³-hybridized carbons (Fsp3) is 0.562. The summed E-state index contributed by atoms with van der Waals surface area (Å²) >= 11 is 12.0. The van der Waals surface area contributed by atoms with E-state index < -0.39 is 9.84 Å². The maximum Gasteiger partial charge on any atom is 0.236 e. The highest BCUT2D eigenvalue weighted by Crippen LogP contribution is 2.46. The molecule has 3 rings (SSSR count). The third kappa shape index (κ3) is 3.72. The summed E-state index contributed by atoms with van der Waals surface area (Å²) in [6.45, 7) is 0.174. The van der Waals surface area contributed by atoms with Gasteiger partial charge in [0.2, 0.25) is 5.91 Å². The molecule has 0 bridgehead atoms. The molecule has 0 spiro atoms. The molecule has 5 nitrogen and oxygen atoms in total. The molecule has 1 saturated heterocycles. The largest absolute Gasteiger partial charge is 0.341 e. The van der Waals surface area contributed by atoms with Crippen LogP contribution >= 0.6 is 23.2 Å². The molecular formula is C16H20Cl2N2O3S. The number of nitrogens with zero attached hydrogens (tertiary/aromatic N) is 1. The SMILES string of the molecule is CN(C(=O)CNC1(c2ccc(Cl)c(Cl)c2)CC1)[C@@H]1CCS(=O)(=O)C1. The highest BCUT2D eigenvalue weighted by atomic mass is 35.5. The van der Waals surface area contributed by atoms with E-state index in [2.05, 4.69) is 5.32 Å². The average Bonchev–Trinajstić information content (AvgIpc) is 3.24. The van der Waals surface area contributed by atoms with Gasteiger partial charge < -0.3 is 4.90 Å². The van der Waals surface area contributed by atoms with E-state index in [9.17, 15) is 13.2 Å². The first kappa shape index (κ1) is 18.0. The monoisotopic (exact) mass is 390 g/mol. The van der Waals surface area contributed by atoms with Crippen LogP contribution in [0.2, 0.25) is 10.0 Å². The van der Waals surface area contributed by atoms with Crippen molar-refractivity contribution in [2.24, 2.45) is 0 Å². The molecule has 1 atom stereocenters. The topological polar surface area (TPSA) is 66.5 Å². The molecule has 2 aliphatic rings. The second-order valence-corrected chi connectivity index (χ2v) is 9.67. The Kier molecular flexibility index (Phi) is 4.86. The Morgan fingerprint density at radius 3 is 2.58 bits per heavy atom. The van der Waals surface area contributed by atoms with E-state index >= 15 is 0 Å². The first-order chi connectivity index (χ1) is 11.2. The molecule has 1 aromatic rings. The van der Waals surface area contributed by atoms with E-state index in [4.69, 9.17) is 23.2 Å². The molecule has 1 N–H and O–H groups in total. The summed E-state index contributed by atoms with van der Waals surface area (Å²) < 4.78 is 23.1. The van der Waals surface area contributed by atoms with Crippen LogP contribution < -0.4 is 5.32 Å². The summed E-state index contributed by atoms with van der Waals surface area (Å²) in [7, 11) is -1.32. The van der Waals surface area contributed by atoms with Crippen molar-refractivity contribution in [1.29, 1.82) is 0 Å². The highest BCUT2D eigenvalue weighted by Gasteiger charge is 2.44. The summed E-state index contributed by atoms with van der Waals surface area (Å²) in [5, 5.41) is 4.33. The van der Waals surface area contributed by atoms with E-state index in [1.54, 1.807) is 18.0 Å². The summed E-state index contributed by atoms with van der Waals surface area (Å²) in [4.78, 5) is 13.9. The van der Waals surface area contributed by atoms with Gasteiger partial charge in [0.05, 0.1) is 28.1 Å². The molecule has 132 valence electrons. The number of carbonyl (C=O) groups is 1. The van der Waals surface area contributed by atoms with Crippen molar-refractivity contribution in [2.45, 2.75) is 30.8 Å². The second-order valence-electron chi connectivity index (χ2n) is 6.63. The van der Waals surface area contributed by atoms with Crippen molar-refractivity contribution < 1.29 is 13.2 Å². The molecular weight excluding hydrogens is 371 g/mol. The number of likely N-dealkylation sites (N-methyl/N-ethyl adjacent to an activating group) is 1. The minimum absolute atomic E-state index is 0.0627. The lowest BCUT2D eigenvalue weighted by atomic mass is 10.0. The summed E-state index contributed by atoms with van der Waals surface area (Å²) in [6.07, 6.45) is 2.38. The lowest BCUT2D eigenvalue weighted by molar-refractivity contribution is -0.130. The zero-order chi connectivity index (χ0) is 17.5. The minimum Gasteiger partial charge on any atom is -0.341 e. The Hall–Kier alpha value is -0.820. The molecule has 1 aliphatic heterocycles. The first-order valence-electron chi connectivity index (χ1n) is 7.89. The quantitative estimate of drug-likeness (QED) is 0.836. The van der Waals surface area contributed by atoms with Crippen LogP contribution in [-0.4, -0.2) is 50.4 Å². The van der Waals surface area contributed by atoms with Gasteiger partial charge in [-0.3, -0.25) is 10.1 Å². The standard InChI is InChI=1S/C16H20Cl2N2O3S/c1-20(12-4-7-24(22,23)10-12)15(21)9-19-16(5-6-16)11-2-3-13(17)14(18)8-11/h2-3,8,12,19H,4-7,9-10H2,1H3/t12-/m1/s1. The summed E-state index contributed by atoms with van der Waals surface area (Å²) in [5.41, 5.74) is 0.794. The van der Waals surface area contributed by atoms with Crippen molar-refractivity contribution in [1.82, 2.24) is 10.2 Å². The fourth-order valence-corrected chi connectivity index (χ4v) is 5.21. The van der Waals surface area contributed by atoms with E-state index in [1.165, 1.54) is 0 Å². The Morgan fingerprint density at radius 2 is 2.04 bits per heavy atom. The van der Waals surface area contributed by atoms with Gasteiger partial charge >= 0.3 is 0 Å². The molecule has 0 aromatic heterocycles. The summed E-state index contributed by atoms with van der Waals surface area (Å²) in [5.74, 6) is 0.131. The third-order valence-electron chi connectivity index (χ3n) is 4.95. The van der Waals surface area contributed by atoms with Crippen LogP contribution in [0.5, 0.6) is 0 Å². The van der Waals surface area contributed by atoms with Crippen LogP contribution in [0.3, 0.4) is 0 Å². The Morgan fingerprint density at radius 1 is 1.33 bits per heavy atom. The zero-order valence-corrected chi connectivity index (χ0v) is 15.7. The van der Waals surface area contributed by atoms with E-state index in [1.807, 2.05) is 12.1 Å². The number of hydrogen-bond donors (Lipinski definition) is 1. The van der Waals surface area contributed by atoms with Crippen molar-refractivity contribution in [3.63, 3.8) is 0 Å². The van der Waals surface area contributed by atoms with Crippen LogP contribution in [0, 0.1) is 0 Å². The number of nitrogens with one attached hydrogen (secondary N) is 1. The molecule has 1 heterocycles. The lowest BCUT2D eigenvalue weighted by Crippen LogP contribution is -2.44. The molecule has 0 radical (unpaired) electrons. The van der Waals surface area contributed by atoms with Gasteiger partial charge in [0.1, 0.15) is 0 Å². The van der Waals surface area contributed by atoms with Crippen molar-refractivity contribution in [2.75, 3.05) is 25.1 Å². The maximum atomic E-state index is 12.4. The van der Waals surface area contributed by atoms with Crippen LogP contribution in [0.4, 0.5) is 0 Å². The van der Waals surface area contributed by atoms with Crippen molar-refractivity contribution >= 4 is 38.9 Å². The van der Waals surface area contributed by atoms with Crippen molar-refractivity contribution in [3.8, 4) is 0 Å². The van der Waals surface area contributed by atoms with Gasteiger partial charge in [-0.1, -0.05) is 29.3 Å². The van der Waals surface area contributed by atoms with Gasteiger partial charge in [0.15, 0.2) is 9.84 Å². The number of amides is 1. The van der Waals surface area contributed by atoms with E-state index in [-0.39, 0.29) is 35.5 Å². The molecule has 1 amide bonds. The fourth-order valence-electron chi connectivity index (χ4n) is 3.14. The Balaban J connectivity index is 1.60. The lowest BCUT2D eigenvalue weighted by Gasteiger charge is -2.25. The molecule has 2 fully saturated rings. The minimum atomic E-state index is -3.00. The molecule has 0 unspecified atom stereocenters. The van der Waals surface area contributed by atoms with Crippen LogP contribution in [0.1, 0.15) is 24.8 Å². The van der Waals surface area contributed by atoms with Gasteiger partial charge in [-0.15, -0.1) is 0 Å². The maximum absolute atomic E-state index is 12.4. The van der Waals surface area contributed by atoms with Crippen molar-refractivity contribution in [3.05, 3.63) is 33.8 Å². The molecule has 1 aliphatic carbocycles. The van der Waals surface area contributed by atoms with Gasteiger partial charge in [-0.25, -0.2) is 8.42 Å². The Labute approximate surface area is 152 Å². The average molecular weight is 391 g/mol. The third-order valence-corrected chi connectivity index (χ3v) is 7.44. The zero-order valence-electron chi connectivity index (χ0n) is 13.4. The molecule has 8 heteroatoms. The predicted octanol–water partition coefficient (Wildman–Crippen LogP) is 2.22. The highest BCUT2D eigenvalue weighted by molar-refractivity contribution is 7.91. The van der Waals surface area contributed by atoms with E-state index in [0.717, 1.165) is 18.4 Å². The van der Waals surface area contributed by atoms with Gasteiger partial charge in [0.25, 0.3) is 0 Å². The number of sulfone groups is 1. The predicted molar refractivity (Wildman–Crippen MR) is 95.2 cm³/mol. The number of halogens is 2. The van der Waals surface area contributed by atoms with Gasteiger partial charge in [-0.2, -0.15) is 0 Å². The molecule has 1 aromatic carbocycles. The smallest absolute Gasteiger partial charge is 0.236 e. The number of benzene rings is 1. The molecule has 1 saturated carbocycles. The normalized spacial score (nSPS) is 23.9. The van der Waals surface area contributed by atoms with Gasteiger partial charge in [-0.05, 0) is 37.0 Å². The first-order valence-corrected chi connectivity index (χ1v) is 10.5. The summed E-state index contributed by atoms with van der Waals surface area (Å²) in [6, 6.07) is 5.30. The number of carbonyl (C=O) groups excluding carboxylic acids is 1. The number of rotatable bonds is 5. The second kappa shape index (κ2) is 6.48. The van der Waals surface area contributed by atoms with Gasteiger partial charge in [0, 0.05) is 18.6 Å². The van der Waals surface area contributed by atoms with Crippen LogP contribution in [0.15, 0.2) is 18.2 Å². The number of hydrogen-bond acceptors (Lipinski definition) is 4. The Bertz CT molecular complexity index is 763.